The Bertz CT molecular complexity index is 555. The number of furan rings is 1. The minimum Gasteiger partial charge on any atom is -0.452 e. The standard InChI is InChI=1S/C15H15ClO2/c1-10(2)8-11-4-3-5-12(9-11)14(17)13-6-7-18-15(13)16/h3-7,9-10H,8H2,1-2H3. The third-order valence-electron chi connectivity index (χ3n) is 2.70. The van der Waals surface area contributed by atoms with Gasteiger partial charge in [0.1, 0.15) is 0 Å². The van der Waals surface area contributed by atoms with Gasteiger partial charge in [0, 0.05) is 5.56 Å². The summed E-state index contributed by atoms with van der Waals surface area (Å²) in [6, 6.07) is 9.26. The Balaban J connectivity index is 2.29. The van der Waals surface area contributed by atoms with Crippen molar-refractivity contribution in [1.29, 1.82) is 0 Å². The summed E-state index contributed by atoms with van der Waals surface area (Å²) in [6.45, 7) is 4.31. The summed E-state index contributed by atoms with van der Waals surface area (Å²) in [4.78, 5) is 12.2. The number of rotatable bonds is 4. The van der Waals surface area contributed by atoms with Crippen LogP contribution in [-0.2, 0) is 6.42 Å². The number of benzene rings is 1. The van der Waals surface area contributed by atoms with Crippen LogP contribution in [0.4, 0.5) is 0 Å². The molecule has 0 bridgehead atoms. The van der Waals surface area contributed by atoms with Crippen LogP contribution in [0.2, 0.25) is 5.22 Å². The van der Waals surface area contributed by atoms with Gasteiger partial charge in [-0.05, 0) is 41.6 Å². The van der Waals surface area contributed by atoms with Crippen molar-refractivity contribution in [1.82, 2.24) is 0 Å². The fraction of sp³-hybridized carbons (Fsp3) is 0.267. The maximum atomic E-state index is 12.2. The predicted molar refractivity (Wildman–Crippen MR) is 72.1 cm³/mol. The summed E-state index contributed by atoms with van der Waals surface area (Å²) >= 11 is 5.82. The van der Waals surface area contributed by atoms with Crippen LogP contribution in [0.5, 0.6) is 0 Å². The zero-order valence-corrected chi connectivity index (χ0v) is 11.2. The molecule has 2 aromatic rings. The first-order valence-corrected chi connectivity index (χ1v) is 6.32. The van der Waals surface area contributed by atoms with Crippen molar-refractivity contribution in [3.05, 3.63) is 58.5 Å². The number of hydrogen-bond acceptors (Lipinski definition) is 2. The van der Waals surface area contributed by atoms with E-state index in [1.165, 1.54) is 6.26 Å². The van der Waals surface area contributed by atoms with Gasteiger partial charge in [-0.1, -0.05) is 32.0 Å². The van der Waals surface area contributed by atoms with E-state index in [9.17, 15) is 4.79 Å². The highest BCUT2D eigenvalue weighted by Crippen LogP contribution is 2.21. The van der Waals surface area contributed by atoms with Gasteiger partial charge in [-0.2, -0.15) is 0 Å². The average molecular weight is 263 g/mol. The van der Waals surface area contributed by atoms with E-state index >= 15 is 0 Å². The topological polar surface area (TPSA) is 30.2 Å². The van der Waals surface area contributed by atoms with Crippen molar-refractivity contribution in [2.24, 2.45) is 5.92 Å². The summed E-state index contributed by atoms with van der Waals surface area (Å²) in [5, 5.41) is 0.147. The molecule has 1 aromatic heterocycles. The SMILES string of the molecule is CC(C)Cc1cccc(C(=O)c2ccoc2Cl)c1. The first-order valence-electron chi connectivity index (χ1n) is 5.94. The lowest BCUT2D eigenvalue weighted by Gasteiger charge is -2.06. The molecule has 0 atom stereocenters. The summed E-state index contributed by atoms with van der Waals surface area (Å²) in [7, 11) is 0. The van der Waals surface area contributed by atoms with Crippen molar-refractivity contribution >= 4 is 17.4 Å². The largest absolute Gasteiger partial charge is 0.452 e. The number of carbonyl (C=O) groups is 1. The minimum absolute atomic E-state index is 0.0978. The molecule has 2 nitrogen and oxygen atoms in total. The fourth-order valence-electron chi connectivity index (χ4n) is 1.92. The van der Waals surface area contributed by atoms with E-state index in [0.29, 0.717) is 17.0 Å². The summed E-state index contributed by atoms with van der Waals surface area (Å²) < 4.78 is 4.95. The zero-order chi connectivity index (χ0) is 13.1. The van der Waals surface area contributed by atoms with Crippen molar-refractivity contribution < 1.29 is 9.21 Å². The van der Waals surface area contributed by atoms with Gasteiger partial charge in [-0.25, -0.2) is 0 Å². The lowest BCUT2D eigenvalue weighted by Crippen LogP contribution is -2.02. The molecule has 0 saturated carbocycles. The van der Waals surface area contributed by atoms with E-state index < -0.39 is 0 Å². The highest BCUT2D eigenvalue weighted by molar-refractivity contribution is 6.33. The molecule has 0 aliphatic carbocycles. The Morgan fingerprint density at radius 1 is 1.33 bits per heavy atom. The third-order valence-corrected chi connectivity index (χ3v) is 2.99. The monoisotopic (exact) mass is 262 g/mol. The Hall–Kier alpha value is -1.54. The second-order valence-corrected chi connectivity index (χ2v) is 5.08. The second kappa shape index (κ2) is 5.40. The third kappa shape index (κ3) is 2.82. The molecular weight excluding hydrogens is 248 g/mol. The molecule has 0 saturated heterocycles. The average Bonchev–Trinajstić information content (AvgIpc) is 2.74. The van der Waals surface area contributed by atoms with Gasteiger partial charge < -0.3 is 4.42 Å². The van der Waals surface area contributed by atoms with Gasteiger partial charge in [0.25, 0.3) is 0 Å². The zero-order valence-electron chi connectivity index (χ0n) is 10.4. The van der Waals surface area contributed by atoms with Gasteiger partial charge in [-0.15, -0.1) is 0 Å². The van der Waals surface area contributed by atoms with E-state index in [1.807, 2.05) is 18.2 Å². The summed E-state index contributed by atoms with van der Waals surface area (Å²) in [5.74, 6) is 0.465. The highest BCUT2D eigenvalue weighted by atomic mass is 35.5. The van der Waals surface area contributed by atoms with E-state index in [4.69, 9.17) is 16.0 Å². The first kappa shape index (κ1) is 12.9. The first-order chi connectivity index (χ1) is 8.58. The molecule has 2 rings (SSSR count). The van der Waals surface area contributed by atoms with Crippen LogP contribution < -0.4 is 0 Å². The quantitative estimate of drug-likeness (QED) is 0.766. The van der Waals surface area contributed by atoms with Crippen LogP contribution in [-0.4, -0.2) is 5.78 Å². The summed E-state index contributed by atoms with van der Waals surface area (Å²) in [6.07, 6.45) is 2.38. The van der Waals surface area contributed by atoms with Crippen molar-refractivity contribution in [3.63, 3.8) is 0 Å². The van der Waals surface area contributed by atoms with Crippen LogP contribution in [0.25, 0.3) is 0 Å². The Kier molecular flexibility index (Phi) is 3.87. The van der Waals surface area contributed by atoms with Crippen molar-refractivity contribution in [2.75, 3.05) is 0 Å². The molecule has 0 aliphatic heterocycles. The Morgan fingerprint density at radius 2 is 2.11 bits per heavy atom. The van der Waals surface area contributed by atoms with E-state index in [0.717, 1.165) is 12.0 Å². The Labute approximate surface area is 112 Å². The van der Waals surface area contributed by atoms with Gasteiger partial charge in [0.15, 0.2) is 5.78 Å². The van der Waals surface area contributed by atoms with Gasteiger partial charge in [-0.3, -0.25) is 4.79 Å². The lowest BCUT2D eigenvalue weighted by atomic mass is 9.98. The molecule has 0 radical (unpaired) electrons. The van der Waals surface area contributed by atoms with Crippen LogP contribution in [0.15, 0.2) is 41.0 Å². The smallest absolute Gasteiger partial charge is 0.204 e. The molecule has 0 unspecified atom stereocenters. The maximum Gasteiger partial charge on any atom is 0.204 e. The molecule has 0 fully saturated rings. The lowest BCUT2D eigenvalue weighted by molar-refractivity contribution is 0.103. The van der Waals surface area contributed by atoms with Gasteiger partial charge in [0.05, 0.1) is 11.8 Å². The van der Waals surface area contributed by atoms with Gasteiger partial charge in [0.2, 0.25) is 5.22 Å². The molecule has 0 spiro atoms. The van der Waals surface area contributed by atoms with Crippen molar-refractivity contribution in [3.8, 4) is 0 Å². The molecule has 94 valence electrons. The molecule has 1 heterocycles. The number of ketones is 1. The number of hydrogen-bond donors (Lipinski definition) is 0. The Morgan fingerprint density at radius 3 is 2.72 bits per heavy atom. The van der Waals surface area contributed by atoms with E-state index in [1.54, 1.807) is 12.1 Å². The number of halogens is 1. The van der Waals surface area contributed by atoms with Crippen LogP contribution in [0.3, 0.4) is 0 Å². The number of carbonyl (C=O) groups excluding carboxylic acids is 1. The molecule has 0 aliphatic rings. The minimum atomic E-state index is -0.0978. The molecule has 0 N–H and O–H groups in total. The van der Waals surface area contributed by atoms with E-state index in [-0.39, 0.29) is 11.0 Å². The molecule has 3 heteroatoms. The molecule has 18 heavy (non-hydrogen) atoms. The van der Waals surface area contributed by atoms with Crippen LogP contribution in [0, 0.1) is 5.92 Å². The maximum absolute atomic E-state index is 12.2. The van der Waals surface area contributed by atoms with Crippen LogP contribution in [0.1, 0.15) is 35.3 Å². The van der Waals surface area contributed by atoms with Gasteiger partial charge >= 0.3 is 0 Å². The highest BCUT2D eigenvalue weighted by Gasteiger charge is 2.15. The molecule has 1 aromatic carbocycles. The summed E-state index contributed by atoms with van der Waals surface area (Å²) in [5.41, 5.74) is 2.23. The van der Waals surface area contributed by atoms with Crippen LogP contribution >= 0.6 is 11.6 Å². The molecule has 0 amide bonds. The molecular formula is C15H15ClO2. The normalized spacial score (nSPS) is 10.9. The van der Waals surface area contributed by atoms with E-state index in [2.05, 4.69) is 13.8 Å². The predicted octanol–water partition coefficient (Wildman–Crippen LogP) is 4.36. The van der Waals surface area contributed by atoms with Crippen molar-refractivity contribution in [2.45, 2.75) is 20.3 Å². The fourth-order valence-corrected chi connectivity index (χ4v) is 2.12. The second-order valence-electron chi connectivity index (χ2n) is 4.74.